The molecule has 0 radical (unpaired) electrons. The molecule has 2 fully saturated rings. The second-order valence-electron chi connectivity index (χ2n) is 9.78. The van der Waals surface area contributed by atoms with Crippen LogP contribution in [0.1, 0.15) is 56.2 Å². The van der Waals surface area contributed by atoms with Crippen molar-refractivity contribution in [3.8, 4) is 17.3 Å². The molecule has 1 amide bonds. The van der Waals surface area contributed by atoms with E-state index in [0.29, 0.717) is 23.7 Å². The number of likely N-dealkylation sites (tertiary alicyclic amines) is 2. The number of aromatic nitrogens is 2. The number of rotatable bonds is 4. The minimum Gasteiger partial charge on any atom is -0.481 e. The van der Waals surface area contributed by atoms with Crippen LogP contribution in [0.3, 0.4) is 0 Å². The molecule has 2 aromatic rings. The van der Waals surface area contributed by atoms with Crippen LogP contribution in [0, 0.1) is 5.92 Å². The lowest BCUT2D eigenvalue weighted by Gasteiger charge is -2.41. The maximum Gasteiger partial charge on any atom is 0.225 e. The number of methoxy groups -OCH3 is 1. The Kier molecular flexibility index (Phi) is 6.91. The number of nitrogens with zero attached hydrogens (tertiary/aromatic N) is 4. The SMILES string of the molecule is COc1nc(-c2ccccc2)nc2c1CCC(C(=O)N1CCC(N3CCCCC3)CC1)CC2. The Hall–Kier alpha value is -2.47. The number of hydrogen-bond acceptors (Lipinski definition) is 5. The van der Waals surface area contributed by atoms with Crippen molar-refractivity contribution in [1.29, 1.82) is 0 Å². The number of carbonyl (C=O) groups excluding carboxylic acids is 1. The first kappa shape index (κ1) is 22.3. The van der Waals surface area contributed by atoms with Crippen LogP contribution in [0.4, 0.5) is 0 Å². The maximum atomic E-state index is 13.4. The van der Waals surface area contributed by atoms with E-state index in [0.717, 1.165) is 68.4 Å². The van der Waals surface area contributed by atoms with Gasteiger partial charge in [-0.2, -0.15) is 4.98 Å². The molecule has 0 saturated carbocycles. The summed E-state index contributed by atoms with van der Waals surface area (Å²) in [5, 5.41) is 0. The van der Waals surface area contributed by atoms with Crippen LogP contribution in [0.15, 0.2) is 30.3 Å². The zero-order chi connectivity index (χ0) is 22.6. The molecule has 1 aromatic heterocycles. The minimum absolute atomic E-state index is 0.0654. The number of fused-ring (bicyclic) bond motifs is 1. The van der Waals surface area contributed by atoms with Gasteiger partial charge in [-0.1, -0.05) is 36.8 Å². The Morgan fingerprint density at radius 1 is 0.909 bits per heavy atom. The summed E-state index contributed by atoms with van der Waals surface area (Å²) in [5.74, 6) is 1.77. The lowest BCUT2D eigenvalue weighted by atomic mass is 9.95. The zero-order valence-electron chi connectivity index (χ0n) is 19.8. The number of hydrogen-bond donors (Lipinski definition) is 0. The van der Waals surface area contributed by atoms with Crippen LogP contribution in [-0.4, -0.2) is 65.0 Å². The van der Waals surface area contributed by atoms with Gasteiger partial charge in [0.05, 0.1) is 12.8 Å². The maximum absolute atomic E-state index is 13.4. The average Bonchev–Trinajstić information content (AvgIpc) is 3.11. The predicted octanol–water partition coefficient (Wildman–Crippen LogP) is 4.12. The fourth-order valence-electron chi connectivity index (χ4n) is 5.86. The summed E-state index contributed by atoms with van der Waals surface area (Å²) in [6, 6.07) is 10.7. The van der Waals surface area contributed by atoms with Crippen molar-refractivity contribution in [2.24, 2.45) is 5.92 Å². The largest absolute Gasteiger partial charge is 0.481 e. The van der Waals surface area contributed by atoms with Crippen molar-refractivity contribution in [2.45, 2.75) is 63.8 Å². The quantitative estimate of drug-likeness (QED) is 0.659. The van der Waals surface area contributed by atoms with Gasteiger partial charge in [-0.25, -0.2) is 4.98 Å². The van der Waals surface area contributed by atoms with E-state index in [1.807, 2.05) is 30.3 Å². The van der Waals surface area contributed by atoms with E-state index in [1.54, 1.807) is 7.11 Å². The molecule has 1 atom stereocenters. The monoisotopic (exact) mass is 448 g/mol. The predicted molar refractivity (Wildman–Crippen MR) is 129 cm³/mol. The minimum atomic E-state index is 0.0654. The van der Waals surface area contributed by atoms with Crippen molar-refractivity contribution in [3.63, 3.8) is 0 Å². The second-order valence-corrected chi connectivity index (χ2v) is 9.78. The smallest absolute Gasteiger partial charge is 0.225 e. The van der Waals surface area contributed by atoms with Gasteiger partial charge in [0.2, 0.25) is 11.8 Å². The second kappa shape index (κ2) is 10.2. The fraction of sp³-hybridized carbons (Fsp3) is 0.593. The van der Waals surface area contributed by atoms with Gasteiger partial charge < -0.3 is 14.5 Å². The third kappa shape index (κ3) is 4.91. The number of amides is 1. The van der Waals surface area contributed by atoms with Crippen LogP contribution < -0.4 is 4.74 Å². The van der Waals surface area contributed by atoms with Crippen LogP contribution in [0.25, 0.3) is 11.4 Å². The normalized spacial score (nSPS) is 22.5. The Labute approximate surface area is 197 Å². The Balaban J connectivity index is 1.24. The molecule has 6 nitrogen and oxygen atoms in total. The molecule has 1 unspecified atom stereocenters. The molecule has 0 spiro atoms. The molecule has 0 N–H and O–H groups in total. The summed E-state index contributed by atoms with van der Waals surface area (Å²) < 4.78 is 5.66. The molecule has 2 saturated heterocycles. The number of carbonyl (C=O) groups is 1. The Morgan fingerprint density at radius 2 is 1.64 bits per heavy atom. The number of benzene rings is 1. The fourth-order valence-corrected chi connectivity index (χ4v) is 5.86. The molecule has 3 aliphatic rings. The highest BCUT2D eigenvalue weighted by atomic mass is 16.5. The molecule has 2 aliphatic heterocycles. The summed E-state index contributed by atoms with van der Waals surface area (Å²) in [5.41, 5.74) is 3.11. The van der Waals surface area contributed by atoms with Crippen LogP contribution >= 0.6 is 0 Å². The number of ether oxygens (including phenoxy) is 1. The molecule has 1 aromatic carbocycles. The van der Waals surface area contributed by atoms with E-state index in [2.05, 4.69) is 9.80 Å². The first-order valence-electron chi connectivity index (χ1n) is 12.7. The Bertz CT molecular complexity index is 950. The summed E-state index contributed by atoms with van der Waals surface area (Å²) in [4.78, 5) is 27.8. The van der Waals surface area contributed by atoms with Gasteiger partial charge in [-0.15, -0.1) is 0 Å². The lowest BCUT2D eigenvalue weighted by molar-refractivity contribution is -0.137. The van der Waals surface area contributed by atoms with Gasteiger partial charge in [-0.3, -0.25) is 4.79 Å². The van der Waals surface area contributed by atoms with Gasteiger partial charge in [0, 0.05) is 36.2 Å². The summed E-state index contributed by atoms with van der Waals surface area (Å²) in [6.45, 7) is 4.30. The summed E-state index contributed by atoms with van der Waals surface area (Å²) >= 11 is 0. The van der Waals surface area contributed by atoms with E-state index in [1.165, 1.54) is 32.4 Å². The summed E-state index contributed by atoms with van der Waals surface area (Å²) in [6.07, 6.45) is 9.59. The Morgan fingerprint density at radius 3 is 2.36 bits per heavy atom. The lowest BCUT2D eigenvalue weighted by Crippen LogP contribution is -2.49. The molecule has 176 valence electrons. The van der Waals surface area contributed by atoms with Crippen molar-refractivity contribution in [2.75, 3.05) is 33.3 Å². The van der Waals surface area contributed by atoms with E-state index >= 15 is 0 Å². The van der Waals surface area contributed by atoms with E-state index in [4.69, 9.17) is 14.7 Å². The summed E-state index contributed by atoms with van der Waals surface area (Å²) in [7, 11) is 1.68. The number of piperidine rings is 2. The standard InChI is InChI=1S/C27H36N4O2/c1-33-26-23-12-10-21(11-13-24(23)28-25(29-26)20-8-4-2-5-9-20)27(32)31-18-14-22(15-19-31)30-16-6-3-7-17-30/h2,4-5,8-9,21-22H,3,6-7,10-19H2,1H3. The van der Waals surface area contributed by atoms with Gasteiger partial charge in [0.15, 0.2) is 5.82 Å². The average molecular weight is 449 g/mol. The van der Waals surface area contributed by atoms with Gasteiger partial charge in [0.1, 0.15) is 0 Å². The number of aryl methyl sites for hydroxylation is 1. The molecule has 1 aliphatic carbocycles. The molecular weight excluding hydrogens is 412 g/mol. The van der Waals surface area contributed by atoms with Gasteiger partial charge in [-0.05, 0) is 64.5 Å². The zero-order valence-corrected chi connectivity index (χ0v) is 19.8. The molecular formula is C27H36N4O2. The van der Waals surface area contributed by atoms with Crippen LogP contribution in [-0.2, 0) is 17.6 Å². The highest BCUT2D eigenvalue weighted by molar-refractivity contribution is 5.79. The first-order chi connectivity index (χ1) is 16.2. The molecule has 3 heterocycles. The van der Waals surface area contributed by atoms with E-state index in [-0.39, 0.29) is 5.92 Å². The molecule has 0 bridgehead atoms. The first-order valence-corrected chi connectivity index (χ1v) is 12.7. The molecule has 5 rings (SSSR count). The molecule has 33 heavy (non-hydrogen) atoms. The van der Waals surface area contributed by atoms with Crippen LogP contribution in [0.2, 0.25) is 0 Å². The van der Waals surface area contributed by atoms with E-state index in [9.17, 15) is 4.79 Å². The highest BCUT2D eigenvalue weighted by Gasteiger charge is 2.32. The van der Waals surface area contributed by atoms with E-state index < -0.39 is 0 Å². The highest BCUT2D eigenvalue weighted by Crippen LogP contribution is 2.32. The van der Waals surface area contributed by atoms with Crippen molar-refractivity contribution in [1.82, 2.24) is 19.8 Å². The van der Waals surface area contributed by atoms with Crippen molar-refractivity contribution in [3.05, 3.63) is 41.6 Å². The van der Waals surface area contributed by atoms with Gasteiger partial charge >= 0.3 is 0 Å². The van der Waals surface area contributed by atoms with Crippen LogP contribution in [0.5, 0.6) is 5.88 Å². The third-order valence-electron chi connectivity index (χ3n) is 7.78. The van der Waals surface area contributed by atoms with Gasteiger partial charge in [0.25, 0.3) is 0 Å². The molecule has 6 heteroatoms. The third-order valence-corrected chi connectivity index (χ3v) is 7.78. The van der Waals surface area contributed by atoms with Crippen molar-refractivity contribution < 1.29 is 9.53 Å². The topological polar surface area (TPSA) is 58.6 Å². The van der Waals surface area contributed by atoms with Crippen molar-refractivity contribution >= 4 is 5.91 Å².